The predicted molar refractivity (Wildman–Crippen MR) is 113 cm³/mol. The van der Waals surface area contributed by atoms with E-state index in [0.29, 0.717) is 5.92 Å². The van der Waals surface area contributed by atoms with Crippen LogP contribution in [0.2, 0.25) is 0 Å². The Hall–Kier alpha value is -0.980. The van der Waals surface area contributed by atoms with E-state index in [1.165, 1.54) is 93.9 Å². The minimum absolute atomic E-state index is 0.227. The van der Waals surface area contributed by atoms with E-state index >= 15 is 0 Å². The van der Waals surface area contributed by atoms with Crippen molar-refractivity contribution in [3.05, 3.63) is 29.3 Å². The van der Waals surface area contributed by atoms with Gasteiger partial charge in [0.15, 0.2) is 0 Å². The standard InChI is InChI=1S/C24H41N/c1-5-6-7-8-9-10-11-12-13-14-15-21-16-17-23-22(18-21)20(2)19-24(3,4)25-23/h16-18,20,25H,5-15,19H2,1-4H3. The molecule has 1 nitrogen and oxygen atoms in total. The lowest BCUT2D eigenvalue weighted by Gasteiger charge is -2.37. The van der Waals surface area contributed by atoms with Crippen LogP contribution in [0.15, 0.2) is 18.2 Å². The van der Waals surface area contributed by atoms with E-state index in [4.69, 9.17) is 0 Å². The minimum atomic E-state index is 0.227. The maximum Gasteiger partial charge on any atom is 0.0379 e. The summed E-state index contributed by atoms with van der Waals surface area (Å²) < 4.78 is 0. The summed E-state index contributed by atoms with van der Waals surface area (Å²) in [5.74, 6) is 0.666. The van der Waals surface area contributed by atoms with E-state index in [-0.39, 0.29) is 5.54 Å². The number of aryl methyl sites for hydroxylation is 1. The van der Waals surface area contributed by atoms with E-state index in [0.717, 1.165) is 0 Å². The average molecular weight is 344 g/mol. The molecule has 0 spiro atoms. The van der Waals surface area contributed by atoms with E-state index in [9.17, 15) is 0 Å². The van der Waals surface area contributed by atoms with Gasteiger partial charge in [0.1, 0.15) is 0 Å². The van der Waals surface area contributed by atoms with Gasteiger partial charge >= 0.3 is 0 Å². The Morgan fingerprint density at radius 1 is 0.920 bits per heavy atom. The minimum Gasteiger partial charge on any atom is -0.380 e. The molecule has 1 atom stereocenters. The van der Waals surface area contributed by atoms with Crippen LogP contribution in [-0.4, -0.2) is 5.54 Å². The molecule has 1 heterocycles. The van der Waals surface area contributed by atoms with Gasteiger partial charge in [-0.1, -0.05) is 83.8 Å². The summed E-state index contributed by atoms with van der Waals surface area (Å²) >= 11 is 0. The molecule has 0 aromatic heterocycles. The number of rotatable bonds is 11. The van der Waals surface area contributed by atoms with Gasteiger partial charge in [0, 0.05) is 11.2 Å². The second kappa shape index (κ2) is 10.2. The molecule has 1 aromatic rings. The number of hydrogen-bond donors (Lipinski definition) is 1. The van der Waals surface area contributed by atoms with Crippen LogP contribution >= 0.6 is 0 Å². The molecule has 1 aromatic carbocycles. The fourth-order valence-corrected chi connectivity index (χ4v) is 4.40. The van der Waals surface area contributed by atoms with E-state index in [1.807, 2.05) is 0 Å². The first kappa shape index (κ1) is 20.3. The van der Waals surface area contributed by atoms with Gasteiger partial charge in [0.2, 0.25) is 0 Å². The van der Waals surface area contributed by atoms with Gasteiger partial charge in [-0.05, 0) is 56.2 Å². The lowest BCUT2D eigenvalue weighted by atomic mass is 9.81. The van der Waals surface area contributed by atoms with Crippen LogP contribution in [0.3, 0.4) is 0 Å². The van der Waals surface area contributed by atoms with Crippen LogP contribution in [0.4, 0.5) is 5.69 Å². The summed E-state index contributed by atoms with van der Waals surface area (Å²) in [6, 6.07) is 7.13. The molecule has 0 amide bonds. The highest BCUT2D eigenvalue weighted by Crippen LogP contribution is 2.39. The van der Waals surface area contributed by atoms with Gasteiger partial charge in [0.05, 0.1) is 0 Å². The summed E-state index contributed by atoms with van der Waals surface area (Å²) in [4.78, 5) is 0. The summed E-state index contributed by atoms with van der Waals surface area (Å²) in [6.45, 7) is 9.29. The van der Waals surface area contributed by atoms with Crippen molar-refractivity contribution in [1.82, 2.24) is 0 Å². The molecule has 1 heteroatoms. The molecule has 1 unspecified atom stereocenters. The van der Waals surface area contributed by atoms with Crippen LogP contribution < -0.4 is 5.32 Å². The van der Waals surface area contributed by atoms with Crippen molar-refractivity contribution in [2.75, 3.05) is 5.32 Å². The van der Waals surface area contributed by atoms with Gasteiger partial charge in [-0.25, -0.2) is 0 Å². The summed E-state index contributed by atoms with van der Waals surface area (Å²) in [5.41, 5.74) is 4.65. The number of nitrogens with one attached hydrogen (secondary N) is 1. The molecule has 1 aliphatic heterocycles. The lowest BCUT2D eigenvalue weighted by Crippen LogP contribution is -2.36. The van der Waals surface area contributed by atoms with Crippen LogP contribution in [0.5, 0.6) is 0 Å². The quantitative estimate of drug-likeness (QED) is 0.403. The fraction of sp³-hybridized carbons (Fsp3) is 0.750. The molecule has 0 radical (unpaired) electrons. The first-order valence-electron chi connectivity index (χ1n) is 10.9. The molecular formula is C24H41N. The van der Waals surface area contributed by atoms with Crippen molar-refractivity contribution in [3.8, 4) is 0 Å². The number of benzene rings is 1. The molecule has 0 saturated carbocycles. The highest BCUT2D eigenvalue weighted by molar-refractivity contribution is 5.58. The third-order valence-electron chi connectivity index (χ3n) is 5.76. The van der Waals surface area contributed by atoms with Gasteiger partial charge in [-0.2, -0.15) is 0 Å². The maximum absolute atomic E-state index is 3.70. The Labute approximate surface area is 157 Å². The van der Waals surface area contributed by atoms with Crippen LogP contribution in [0, 0.1) is 0 Å². The largest absolute Gasteiger partial charge is 0.380 e. The van der Waals surface area contributed by atoms with Crippen molar-refractivity contribution in [1.29, 1.82) is 0 Å². The Bertz CT molecular complexity index is 503. The Balaban J connectivity index is 1.63. The number of fused-ring (bicyclic) bond motifs is 1. The van der Waals surface area contributed by atoms with Crippen LogP contribution in [0.1, 0.15) is 115 Å². The average Bonchev–Trinajstić information content (AvgIpc) is 2.56. The zero-order valence-electron chi connectivity index (χ0n) is 17.3. The highest BCUT2D eigenvalue weighted by Gasteiger charge is 2.28. The van der Waals surface area contributed by atoms with Crippen LogP contribution in [0.25, 0.3) is 0 Å². The molecule has 2 rings (SSSR count). The van der Waals surface area contributed by atoms with Crippen molar-refractivity contribution < 1.29 is 0 Å². The van der Waals surface area contributed by atoms with Crippen LogP contribution in [-0.2, 0) is 6.42 Å². The molecule has 0 saturated heterocycles. The summed E-state index contributed by atoms with van der Waals surface area (Å²) in [7, 11) is 0. The predicted octanol–water partition coefficient (Wildman–Crippen LogP) is 7.85. The monoisotopic (exact) mass is 343 g/mol. The van der Waals surface area contributed by atoms with E-state index in [2.05, 4.69) is 51.2 Å². The first-order valence-corrected chi connectivity index (χ1v) is 10.9. The zero-order chi connectivity index (χ0) is 18.1. The van der Waals surface area contributed by atoms with Crippen molar-refractivity contribution in [2.24, 2.45) is 0 Å². The third-order valence-corrected chi connectivity index (χ3v) is 5.76. The molecule has 1 aliphatic rings. The Morgan fingerprint density at radius 2 is 1.52 bits per heavy atom. The van der Waals surface area contributed by atoms with Gasteiger partial charge in [-0.3, -0.25) is 0 Å². The van der Waals surface area contributed by atoms with Gasteiger partial charge in [0.25, 0.3) is 0 Å². The van der Waals surface area contributed by atoms with Gasteiger partial charge in [-0.15, -0.1) is 0 Å². The van der Waals surface area contributed by atoms with Crippen molar-refractivity contribution >= 4 is 5.69 Å². The Kier molecular flexibility index (Phi) is 8.33. The summed E-state index contributed by atoms with van der Waals surface area (Å²) in [5, 5.41) is 3.70. The molecule has 0 aliphatic carbocycles. The summed E-state index contributed by atoms with van der Waals surface area (Å²) in [6.07, 6.45) is 16.6. The molecule has 0 fully saturated rings. The molecule has 25 heavy (non-hydrogen) atoms. The normalized spacial score (nSPS) is 18.6. The third kappa shape index (κ3) is 7.04. The van der Waals surface area contributed by atoms with E-state index in [1.54, 1.807) is 0 Å². The SMILES string of the molecule is CCCCCCCCCCCCc1ccc2c(c1)C(C)CC(C)(C)N2. The molecule has 0 bridgehead atoms. The number of anilines is 1. The zero-order valence-corrected chi connectivity index (χ0v) is 17.3. The number of unbranched alkanes of at least 4 members (excludes halogenated alkanes) is 9. The second-order valence-electron chi connectivity index (χ2n) is 8.97. The van der Waals surface area contributed by atoms with Crippen molar-refractivity contribution in [3.63, 3.8) is 0 Å². The molecule has 1 N–H and O–H groups in total. The fourth-order valence-electron chi connectivity index (χ4n) is 4.40. The molecular weight excluding hydrogens is 302 g/mol. The van der Waals surface area contributed by atoms with Gasteiger partial charge < -0.3 is 5.32 Å². The highest BCUT2D eigenvalue weighted by atomic mass is 15.0. The smallest absolute Gasteiger partial charge is 0.0379 e. The maximum atomic E-state index is 3.70. The number of hydrogen-bond acceptors (Lipinski definition) is 1. The van der Waals surface area contributed by atoms with Crippen molar-refractivity contribution in [2.45, 2.75) is 116 Å². The van der Waals surface area contributed by atoms with E-state index < -0.39 is 0 Å². The second-order valence-corrected chi connectivity index (χ2v) is 8.97. The molecule has 142 valence electrons. The lowest BCUT2D eigenvalue weighted by molar-refractivity contribution is 0.454. The first-order chi connectivity index (χ1) is 12.0. The Morgan fingerprint density at radius 3 is 2.16 bits per heavy atom. The topological polar surface area (TPSA) is 12.0 Å².